The van der Waals surface area contributed by atoms with Crippen LogP contribution in [-0.4, -0.2) is 47.1 Å². The van der Waals surface area contributed by atoms with E-state index in [9.17, 15) is 14.7 Å². The molecule has 2 amide bonds. The Bertz CT molecular complexity index is 600. The number of aliphatic hydroxyl groups excluding tert-OH is 1. The van der Waals surface area contributed by atoms with Gasteiger partial charge < -0.3 is 14.9 Å². The van der Waals surface area contributed by atoms with Crippen LogP contribution in [0.25, 0.3) is 0 Å². The first-order valence-electron chi connectivity index (χ1n) is 8.46. The molecule has 0 saturated carbocycles. The van der Waals surface area contributed by atoms with Crippen molar-refractivity contribution in [3.05, 3.63) is 29.8 Å². The minimum Gasteiger partial charge on any atom is -0.396 e. The third-order valence-corrected chi connectivity index (χ3v) is 4.96. The summed E-state index contributed by atoms with van der Waals surface area (Å²) >= 11 is 0. The number of hydrogen-bond acceptors (Lipinski definition) is 3. The Morgan fingerprint density at radius 1 is 1.22 bits per heavy atom. The molecule has 3 rings (SSSR count). The van der Waals surface area contributed by atoms with E-state index in [-0.39, 0.29) is 18.7 Å². The topological polar surface area (TPSA) is 60.9 Å². The van der Waals surface area contributed by atoms with Crippen molar-refractivity contribution in [2.45, 2.75) is 51.1 Å². The van der Waals surface area contributed by atoms with Crippen LogP contribution < -0.4 is 4.90 Å². The number of carbonyl (C=O) groups is 2. The van der Waals surface area contributed by atoms with E-state index in [1.54, 1.807) is 9.80 Å². The molecule has 124 valence electrons. The van der Waals surface area contributed by atoms with E-state index in [2.05, 4.69) is 0 Å². The molecule has 2 atom stereocenters. The van der Waals surface area contributed by atoms with E-state index in [0.717, 1.165) is 36.9 Å². The zero-order valence-electron chi connectivity index (χ0n) is 13.6. The number of para-hydroxylation sites is 1. The van der Waals surface area contributed by atoms with Gasteiger partial charge >= 0.3 is 11.8 Å². The molecule has 5 heteroatoms. The molecule has 0 aromatic heterocycles. The van der Waals surface area contributed by atoms with Gasteiger partial charge in [0.2, 0.25) is 0 Å². The van der Waals surface area contributed by atoms with E-state index in [1.807, 2.05) is 31.2 Å². The molecule has 5 nitrogen and oxygen atoms in total. The number of piperidine rings is 1. The Kier molecular flexibility index (Phi) is 4.66. The van der Waals surface area contributed by atoms with Gasteiger partial charge in [0.1, 0.15) is 0 Å². The van der Waals surface area contributed by atoms with Crippen molar-refractivity contribution in [3.63, 3.8) is 0 Å². The third-order valence-electron chi connectivity index (χ3n) is 4.96. The molecule has 1 aromatic carbocycles. The zero-order chi connectivity index (χ0) is 16.4. The molecule has 0 aliphatic carbocycles. The molecule has 1 fully saturated rings. The Labute approximate surface area is 136 Å². The summed E-state index contributed by atoms with van der Waals surface area (Å²) in [5.41, 5.74) is 1.97. The first-order valence-corrected chi connectivity index (χ1v) is 8.46. The minimum atomic E-state index is -0.438. The number of aliphatic hydroxyl groups is 1. The smallest absolute Gasteiger partial charge is 0.316 e. The number of carbonyl (C=O) groups excluding carboxylic acids is 2. The van der Waals surface area contributed by atoms with Crippen LogP contribution in [0.5, 0.6) is 0 Å². The first-order chi connectivity index (χ1) is 11.1. The van der Waals surface area contributed by atoms with Crippen molar-refractivity contribution in [2.24, 2.45) is 0 Å². The highest BCUT2D eigenvalue weighted by Crippen LogP contribution is 2.32. The maximum absolute atomic E-state index is 12.8. The predicted molar refractivity (Wildman–Crippen MR) is 88.1 cm³/mol. The van der Waals surface area contributed by atoms with Crippen LogP contribution in [0.4, 0.5) is 5.69 Å². The van der Waals surface area contributed by atoms with Crippen molar-refractivity contribution < 1.29 is 14.7 Å². The molecule has 0 bridgehead atoms. The molecule has 1 saturated heterocycles. The second-order valence-electron chi connectivity index (χ2n) is 6.52. The second kappa shape index (κ2) is 6.71. The highest BCUT2D eigenvalue weighted by molar-refractivity contribution is 6.40. The third kappa shape index (κ3) is 2.98. The number of benzene rings is 1. The van der Waals surface area contributed by atoms with Gasteiger partial charge in [-0.25, -0.2) is 0 Å². The quantitative estimate of drug-likeness (QED) is 0.845. The Morgan fingerprint density at radius 3 is 2.78 bits per heavy atom. The highest BCUT2D eigenvalue weighted by Gasteiger charge is 2.38. The molecule has 0 spiro atoms. The summed E-state index contributed by atoms with van der Waals surface area (Å²) in [6.07, 6.45) is 4.17. The Balaban J connectivity index is 1.81. The largest absolute Gasteiger partial charge is 0.396 e. The van der Waals surface area contributed by atoms with Gasteiger partial charge in [-0.15, -0.1) is 0 Å². The lowest BCUT2D eigenvalue weighted by molar-refractivity contribution is -0.147. The molecular weight excluding hydrogens is 292 g/mol. The molecule has 23 heavy (non-hydrogen) atoms. The van der Waals surface area contributed by atoms with Crippen molar-refractivity contribution >= 4 is 17.5 Å². The van der Waals surface area contributed by atoms with Gasteiger partial charge in [-0.05, 0) is 50.7 Å². The summed E-state index contributed by atoms with van der Waals surface area (Å²) in [7, 11) is 0. The molecule has 2 aliphatic heterocycles. The van der Waals surface area contributed by atoms with Crippen LogP contribution in [0.15, 0.2) is 24.3 Å². The number of likely N-dealkylation sites (tertiary alicyclic amines) is 1. The van der Waals surface area contributed by atoms with Crippen LogP contribution in [0.3, 0.4) is 0 Å². The van der Waals surface area contributed by atoms with E-state index in [4.69, 9.17) is 0 Å². The highest BCUT2D eigenvalue weighted by atomic mass is 16.3. The van der Waals surface area contributed by atoms with Gasteiger partial charge in [0.25, 0.3) is 0 Å². The fraction of sp³-hybridized carbons (Fsp3) is 0.556. The summed E-state index contributed by atoms with van der Waals surface area (Å²) < 4.78 is 0. The summed E-state index contributed by atoms with van der Waals surface area (Å²) in [5.74, 6) is -0.862. The standard InChI is InChI=1S/C18H24N2O3/c1-13-12-14-6-2-3-8-16(14)20(13)18(23)17(22)19-10-5-4-7-15(19)9-11-21/h2-3,6,8,13,15,21H,4-5,7,9-12H2,1H3. The number of hydrogen-bond donors (Lipinski definition) is 1. The Morgan fingerprint density at radius 2 is 2.00 bits per heavy atom. The van der Waals surface area contributed by atoms with Crippen LogP contribution >= 0.6 is 0 Å². The molecule has 2 aliphatic rings. The SMILES string of the molecule is CC1Cc2ccccc2N1C(=O)C(=O)N1CCCCC1CCO. The number of rotatable bonds is 2. The van der Waals surface area contributed by atoms with Gasteiger partial charge in [-0.3, -0.25) is 9.59 Å². The first kappa shape index (κ1) is 16.0. The number of nitrogens with zero attached hydrogens (tertiary/aromatic N) is 2. The lowest BCUT2D eigenvalue weighted by atomic mass is 9.99. The molecule has 2 heterocycles. The van der Waals surface area contributed by atoms with E-state index in [0.29, 0.717) is 13.0 Å². The summed E-state index contributed by atoms with van der Waals surface area (Å²) in [4.78, 5) is 28.9. The van der Waals surface area contributed by atoms with Gasteiger partial charge in [-0.1, -0.05) is 18.2 Å². The van der Waals surface area contributed by atoms with Crippen LogP contribution in [0, 0.1) is 0 Å². The van der Waals surface area contributed by atoms with Crippen molar-refractivity contribution in [1.29, 1.82) is 0 Å². The van der Waals surface area contributed by atoms with Crippen LogP contribution in [0.2, 0.25) is 0 Å². The van der Waals surface area contributed by atoms with Gasteiger partial charge in [-0.2, -0.15) is 0 Å². The number of amides is 2. The predicted octanol–water partition coefficient (Wildman–Crippen LogP) is 1.73. The fourth-order valence-corrected chi connectivity index (χ4v) is 3.82. The monoisotopic (exact) mass is 316 g/mol. The van der Waals surface area contributed by atoms with E-state index < -0.39 is 11.8 Å². The van der Waals surface area contributed by atoms with E-state index >= 15 is 0 Å². The average molecular weight is 316 g/mol. The molecule has 1 aromatic rings. The molecular formula is C18H24N2O3. The van der Waals surface area contributed by atoms with Gasteiger partial charge in [0.15, 0.2) is 0 Å². The molecule has 2 unspecified atom stereocenters. The summed E-state index contributed by atoms with van der Waals surface area (Å²) in [6, 6.07) is 7.77. The molecule has 0 radical (unpaired) electrons. The normalized spacial score (nSPS) is 23.7. The Hall–Kier alpha value is -1.88. The van der Waals surface area contributed by atoms with Crippen LogP contribution in [-0.2, 0) is 16.0 Å². The number of fused-ring (bicyclic) bond motifs is 1. The summed E-state index contributed by atoms with van der Waals surface area (Å²) in [6.45, 7) is 2.64. The van der Waals surface area contributed by atoms with Crippen molar-refractivity contribution in [3.8, 4) is 0 Å². The summed E-state index contributed by atoms with van der Waals surface area (Å²) in [5, 5.41) is 9.21. The zero-order valence-corrected chi connectivity index (χ0v) is 13.6. The van der Waals surface area contributed by atoms with Gasteiger partial charge in [0.05, 0.1) is 0 Å². The van der Waals surface area contributed by atoms with Crippen molar-refractivity contribution in [2.75, 3.05) is 18.1 Å². The maximum Gasteiger partial charge on any atom is 0.316 e. The van der Waals surface area contributed by atoms with Crippen LogP contribution in [0.1, 0.15) is 38.2 Å². The van der Waals surface area contributed by atoms with Gasteiger partial charge in [0, 0.05) is 30.9 Å². The maximum atomic E-state index is 12.8. The second-order valence-corrected chi connectivity index (χ2v) is 6.52. The minimum absolute atomic E-state index is 0.00457. The lowest BCUT2D eigenvalue weighted by Crippen LogP contribution is -2.52. The lowest BCUT2D eigenvalue weighted by Gasteiger charge is -2.36. The van der Waals surface area contributed by atoms with Crippen molar-refractivity contribution in [1.82, 2.24) is 4.90 Å². The number of anilines is 1. The average Bonchev–Trinajstić information content (AvgIpc) is 2.90. The fourth-order valence-electron chi connectivity index (χ4n) is 3.82. The van der Waals surface area contributed by atoms with E-state index in [1.165, 1.54) is 0 Å². The molecule has 1 N–H and O–H groups in total.